The molecular weight excluding hydrogens is 334 g/mol. The van der Waals surface area contributed by atoms with Crippen molar-refractivity contribution >= 4 is 17.3 Å². The first-order valence-corrected chi connectivity index (χ1v) is 7.52. The van der Waals surface area contributed by atoms with Crippen molar-refractivity contribution in [3.05, 3.63) is 69.1 Å². The van der Waals surface area contributed by atoms with Crippen molar-refractivity contribution in [1.82, 2.24) is 19.9 Å². The van der Waals surface area contributed by atoms with Gasteiger partial charge in [-0.1, -0.05) is 35.0 Å². The second kappa shape index (κ2) is 6.04. The van der Waals surface area contributed by atoms with Crippen molar-refractivity contribution in [3.8, 4) is 0 Å². The summed E-state index contributed by atoms with van der Waals surface area (Å²) >= 11 is 6.14. The fraction of sp³-hybridized carbons (Fsp3) is 0.267. The van der Waals surface area contributed by atoms with Gasteiger partial charge in [0, 0.05) is 11.4 Å². The quantitative estimate of drug-likeness (QED) is 0.519. The average molecular weight is 348 g/mol. The van der Waals surface area contributed by atoms with Gasteiger partial charge in [-0.05, 0) is 25.5 Å². The number of benzene rings is 1. The molecule has 0 amide bonds. The zero-order chi connectivity index (χ0) is 17.3. The fourth-order valence-corrected chi connectivity index (χ4v) is 2.40. The summed E-state index contributed by atoms with van der Waals surface area (Å²) < 4.78 is 6.76. The topological polar surface area (TPSA) is 99.9 Å². The van der Waals surface area contributed by atoms with Crippen LogP contribution in [0.3, 0.4) is 0 Å². The molecular formula is C15H14ClN5O3. The van der Waals surface area contributed by atoms with E-state index >= 15 is 0 Å². The van der Waals surface area contributed by atoms with Crippen LogP contribution in [0.5, 0.6) is 0 Å². The van der Waals surface area contributed by atoms with Crippen LogP contribution in [0, 0.1) is 10.1 Å². The SMILES string of the molecule is CC(C)(c1nc(Cc2ccccc2Cl)no1)n1cc([N+](=O)[O-])cn1. The number of rotatable bonds is 5. The lowest BCUT2D eigenvalue weighted by molar-refractivity contribution is -0.385. The Morgan fingerprint density at radius 2 is 2.12 bits per heavy atom. The fourth-order valence-electron chi connectivity index (χ4n) is 2.20. The standard InChI is InChI=1S/C15H14ClN5O3/c1-15(2,20-9-11(8-17-20)21(22)23)14-18-13(19-24-14)7-10-5-3-4-6-12(10)16/h3-6,8-9H,7H2,1-2H3. The molecule has 0 aliphatic carbocycles. The van der Waals surface area contributed by atoms with Crippen LogP contribution in [0.1, 0.15) is 31.1 Å². The van der Waals surface area contributed by atoms with Gasteiger partial charge < -0.3 is 4.52 Å². The van der Waals surface area contributed by atoms with Gasteiger partial charge in [0.05, 0.1) is 4.92 Å². The molecule has 3 aromatic rings. The van der Waals surface area contributed by atoms with Gasteiger partial charge in [0.25, 0.3) is 5.89 Å². The monoisotopic (exact) mass is 347 g/mol. The van der Waals surface area contributed by atoms with Crippen molar-refractivity contribution in [3.63, 3.8) is 0 Å². The lowest BCUT2D eigenvalue weighted by Gasteiger charge is -2.19. The third-order valence-electron chi connectivity index (χ3n) is 3.65. The Labute approximate surface area is 142 Å². The summed E-state index contributed by atoms with van der Waals surface area (Å²) in [5, 5.41) is 19.4. The largest absolute Gasteiger partial charge is 0.337 e. The van der Waals surface area contributed by atoms with E-state index in [-0.39, 0.29) is 5.69 Å². The minimum absolute atomic E-state index is 0.0983. The van der Waals surface area contributed by atoms with Gasteiger partial charge in [-0.2, -0.15) is 10.1 Å². The molecule has 3 rings (SSSR count). The van der Waals surface area contributed by atoms with Crippen LogP contribution >= 0.6 is 11.6 Å². The van der Waals surface area contributed by atoms with Crippen LogP contribution in [0.4, 0.5) is 5.69 Å². The van der Waals surface area contributed by atoms with Crippen molar-refractivity contribution in [2.45, 2.75) is 25.8 Å². The summed E-state index contributed by atoms with van der Waals surface area (Å²) in [6, 6.07) is 7.42. The highest BCUT2D eigenvalue weighted by molar-refractivity contribution is 6.31. The van der Waals surface area contributed by atoms with Gasteiger partial charge in [-0.3, -0.25) is 14.8 Å². The molecule has 0 saturated carbocycles. The molecule has 0 spiro atoms. The summed E-state index contributed by atoms with van der Waals surface area (Å²) in [4.78, 5) is 14.7. The summed E-state index contributed by atoms with van der Waals surface area (Å²) in [6.07, 6.45) is 2.94. The van der Waals surface area contributed by atoms with E-state index in [9.17, 15) is 10.1 Å². The normalized spacial score (nSPS) is 11.6. The van der Waals surface area contributed by atoms with Gasteiger partial charge in [-0.15, -0.1) is 0 Å². The number of hydrogen-bond donors (Lipinski definition) is 0. The average Bonchev–Trinajstić information content (AvgIpc) is 3.19. The van der Waals surface area contributed by atoms with Crippen molar-refractivity contribution in [2.75, 3.05) is 0 Å². The van der Waals surface area contributed by atoms with Gasteiger partial charge in [-0.25, -0.2) is 0 Å². The minimum atomic E-state index is -0.819. The Bertz CT molecular complexity index is 887. The molecule has 9 heteroatoms. The van der Waals surface area contributed by atoms with Gasteiger partial charge in [0.15, 0.2) is 5.82 Å². The Morgan fingerprint density at radius 3 is 2.79 bits per heavy atom. The predicted octanol–water partition coefficient (Wildman–Crippen LogP) is 3.20. The van der Waals surface area contributed by atoms with Crippen molar-refractivity contribution < 1.29 is 9.45 Å². The Hall–Kier alpha value is -2.74. The zero-order valence-electron chi connectivity index (χ0n) is 13.0. The summed E-state index contributed by atoms with van der Waals surface area (Å²) in [7, 11) is 0. The number of aromatic nitrogens is 4. The third kappa shape index (κ3) is 3.00. The lowest BCUT2D eigenvalue weighted by Crippen LogP contribution is -2.28. The lowest BCUT2D eigenvalue weighted by atomic mass is 10.1. The van der Waals surface area contributed by atoms with Gasteiger partial charge in [0.1, 0.15) is 17.9 Å². The van der Waals surface area contributed by atoms with E-state index in [4.69, 9.17) is 16.1 Å². The van der Waals surface area contributed by atoms with E-state index in [2.05, 4.69) is 15.2 Å². The van der Waals surface area contributed by atoms with E-state index in [0.29, 0.717) is 23.2 Å². The maximum atomic E-state index is 10.8. The first-order valence-electron chi connectivity index (χ1n) is 7.14. The molecule has 8 nitrogen and oxygen atoms in total. The summed E-state index contributed by atoms with van der Waals surface area (Å²) in [5.74, 6) is 0.787. The second-order valence-electron chi connectivity index (χ2n) is 5.74. The smallest absolute Gasteiger partial charge is 0.307 e. The predicted molar refractivity (Wildman–Crippen MR) is 85.9 cm³/mol. The van der Waals surface area contributed by atoms with E-state index in [0.717, 1.165) is 5.56 Å². The summed E-state index contributed by atoms with van der Waals surface area (Å²) in [5.41, 5.74) is -0.0297. The molecule has 2 aromatic heterocycles. The highest BCUT2D eigenvalue weighted by Gasteiger charge is 2.32. The molecule has 2 heterocycles. The third-order valence-corrected chi connectivity index (χ3v) is 4.02. The molecule has 0 aliphatic heterocycles. The second-order valence-corrected chi connectivity index (χ2v) is 6.15. The molecule has 124 valence electrons. The van der Waals surface area contributed by atoms with E-state index in [1.807, 2.05) is 18.2 Å². The number of halogens is 1. The summed E-state index contributed by atoms with van der Waals surface area (Å²) in [6.45, 7) is 3.58. The van der Waals surface area contributed by atoms with E-state index < -0.39 is 10.5 Å². The van der Waals surface area contributed by atoms with Crippen LogP contribution < -0.4 is 0 Å². The Balaban J connectivity index is 1.85. The molecule has 0 atom stereocenters. The maximum absolute atomic E-state index is 10.8. The van der Waals surface area contributed by atoms with Crippen LogP contribution in [0.15, 0.2) is 41.2 Å². The van der Waals surface area contributed by atoms with Gasteiger partial charge >= 0.3 is 5.69 Å². The first kappa shape index (κ1) is 16.1. The first-order chi connectivity index (χ1) is 11.4. The molecule has 0 unspecified atom stereocenters. The molecule has 0 bridgehead atoms. The number of nitrogens with zero attached hydrogens (tertiary/aromatic N) is 5. The van der Waals surface area contributed by atoms with Crippen LogP contribution in [-0.4, -0.2) is 24.8 Å². The van der Waals surface area contributed by atoms with Gasteiger partial charge in [0.2, 0.25) is 0 Å². The highest BCUT2D eigenvalue weighted by atomic mass is 35.5. The Kier molecular flexibility index (Phi) is 4.06. The Morgan fingerprint density at radius 1 is 1.38 bits per heavy atom. The zero-order valence-corrected chi connectivity index (χ0v) is 13.8. The molecule has 0 fully saturated rings. The number of hydrogen-bond acceptors (Lipinski definition) is 6. The number of nitro groups is 1. The molecule has 1 aromatic carbocycles. The van der Waals surface area contributed by atoms with Crippen LogP contribution in [-0.2, 0) is 12.0 Å². The van der Waals surface area contributed by atoms with Crippen molar-refractivity contribution in [1.29, 1.82) is 0 Å². The maximum Gasteiger partial charge on any atom is 0.307 e. The van der Waals surface area contributed by atoms with Crippen molar-refractivity contribution in [2.24, 2.45) is 0 Å². The molecule has 0 N–H and O–H groups in total. The minimum Gasteiger partial charge on any atom is -0.337 e. The van der Waals surface area contributed by atoms with Crippen LogP contribution in [0.25, 0.3) is 0 Å². The van der Waals surface area contributed by atoms with Crippen LogP contribution in [0.2, 0.25) is 5.02 Å². The van der Waals surface area contributed by atoms with E-state index in [1.165, 1.54) is 17.1 Å². The van der Waals surface area contributed by atoms with E-state index in [1.54, 1.807) is 19.9 Å². The molecule has 0 radical (unpaired) electrons. The molecule has 0 aliphatic rings. The molecule has 0 saturated heterocycles. The highest BCUT2D eigenvalue weighted by Crippen LogP contribution is 2.26. The molecule has 24 heavy (non-hydrogen) atoms.